The van der Waals surface area contributed by atoms with Crippen LogP contribution < -0.4 is 0 Å². The van der Waals surface area contributed by atoms with Crippen LogP contribution in [0.1, 0.15) is 39.0 Å². The van der Waals surface area contributed by atoms with Crippen molar-refractivity contribution >= 4 is 5.97 Å². The fraction of sp³-hybridized carbons (Fsp3) is 0.667. The normalized spacial score (nSPS) is 40.1. The van der Waals surface area contributed by atoms with Gasteiger partial charge in [0, 0.05) is 5.57 Å². The van der Waals surface area contributed by atoms with Gasteiger partial charge in [0.05, 0.1) is 6.10 Å². The molecule has 4 unspecified atom stereocenters. The van der Waals surface area contributed by atoms with E-state index in [1.807, 2.05) is 0 Å². The number of aliphatic carboxylic acids is 1. The van der Waals surface area contributed by atoms with E-state index in [0.717, 1.165) is 37.7 Å². The zero-order valence-electron chi connectivity index (χ0n) is 11.0. The summed E-state index contributed by atoms with van der Waals surface area (Å²) in [6.45, 7) is 9.97. The lowest BCUT2D eigenvalue weighted by Gasteiger charge is -2.50. The minimum Gasteiger partial charge on any atom is -0.478 e. The van der Waals surface area contributed by atoms with Gasteiger partial charge in [0.15, 0.2) is 0 Å². The van der Waals surface area contributed by atoms with Crippen LogP contribution in [0, 0.1) is 17.3 Å². The maximum absolute atomic E-state index is 11.0. The van der Waals surface area contributed by atoms with E-state index in [1.54, 1.807) is 0 Å². The molecule has 2 aliphatic rings. The van der Waals surface area contributed by atoms with E-state index >= 15 is 0 Å². The second kappa shape index (κ2) is 4.54. The molecule has 2 saturated carbocycles. The van der Waals surface area contributed by atoms with E-state index in [0.29, 0.717) is 5.57 Å². The second-order valence-electron chi connectivity index (χ2n) is 6.14. The van der Waals surface area contributed by atoms with Crippen molar-refractivity contribution < 1.29 is 15.0 Å². The standard InChI is InChI=1S/C15H22O3/c1-9(14(17)18)11-4-6-15(3)7-5-13(16)10(2)12(15)8-11/h11-13,16H,1-2,4-8H2,3H3,(H,17,18). The summed E-state index contributed by atoms with van der Waals surface area (Å²) in [7, 11) is 0. The van der Waals surface area contributed by atoms with Gasteiger partial charge in [-0.1, -0.05) is 20.1 Å². The fourth-order valence-corrected chi connectivity index (χ4v) is 3.64. The van der Waals surface area contributed by atoms with Gasteiger partial charge in [-0.2, -0.15) is 0 Å². The van der Waals surface area contributed by atoms with Gasteiger partial charge in [-0.25, -0.2) is 4.79 Å². The van der Waals surface area contributed by atoms with Crippen LogP contribution in [-0.2, 0) is 4.79 Å². The van der Waals surface area contributed by atoms with Crippen LogP contribution in [0.2, 0.25) is 0 Å². The minimum atomic E-state index is -0.898. The molecule has 4 atom stereocenters. The van der Waals surface area contributed by atoms with Gasteiger partial charge in [0.25, 0.3) is 0 Å². The average Bonchev–Trinajstić information content (AvgIpc) is 2.33. The second-order valence-corrected chi connectivity index (χ2v) is 6.14. The molecule has 0 aromatic rings. The summed E-state index contributed by atoms with van der Waals surface area (Å²) in [4.78, 5) is 11.0. The summed E-state index contributed by atoms with van der Waals surface area (Å²) < 4.78 is 0. The monoisotopic (exact) mass is 250 g/mol. The Morgan fingerprint density at radius 3 is 2.61 bits per heavy atom. The Kier molecular flexibility index (Phi) is 3.37. The number of aliphatic hydroxyl groups excluding tert-OH is 1. The topological polar surface area (TPSA) is 57.5 Å². The van der Waals surface area contributed by atoms with Gasteiger partial charge in [0.1, 0.15) is 0 Å². The summed E-state index contributed by atoms with van der Waals surface area (Å²) >= 11 is 0. The van der Waals surface area contributed by atoms with Gasteiger partial charge in [-0.3, -0.25) is 0 Å². The zero-order valence-corrected chi connectivity index (χ0v) is 11.0. The van der Waals surface area contributed by atoms with E-state index in [2.05, 4.69) is 20.1 Å². The van der Waals surface area contributed by atoms with Crippen molar-refractivity contribution in [1.29, 1.82) is 0 Å². The summed E-state index contributed by atoms with van der Waals surface area (Å²) in [6.07, 6.45) is 4.04. The molecule has 0 bridgehead atoms. The van der Waals surface area contributed by atoms with E-state index in [-0.39, 0.29) is 17.3 Å². The maximum atomic E-state index is 11.0. The third-order valence-electron chi connectivity index (χ3n) is 5.06. The van der Waals surface area contributed by atoms with E-state index in [4.69, 9.17) is 5.11 Å². The first-order valence-corrected chi connectivity index (χ1v) is 6.64. The van der Waals surface area contributed by atoms with Crippen LogP contribution >= 0.6 is 0 Å². The SMILES string of the molecule is C=C(C(=O)O)C1CCC2(C)CCC(O)C(=C)C2C1. The highest BCUT2D eigenvalue weighted by molar-refractivity contribution is 5.86. The number of aliphatic hydroxyl groups is 1. The molecule has 0 saturated heterocycles. The molecule has 0 heterocycles. The summed E-state index contributed by atoms with van der Waals surface area (Å²) in [5.41, 5.74) is 1.39. The third kappa shape index (κ3) is 2.12. The molecule has 18 heavy (non-hydrogen) atoms. The van der Waals surface area contributed by atoms with E-state index in [1.165, 1.54) is 0 Å². The van der Waals surface area contributed by atoms with Crippen molar-refractivity contribution in [3.8, 4) is 0 Å². The Hall–Kier alpha value is -1.09. The number of hydrogen-bond donors (Lipinski definition) is 2. The number of carboxylic acids is 1. The molecule has 3 nitrogen and oxygen atoms in total. The van der Waals surface area contributed by atoms with Crippen LogP contribution in [0.15, 0.2) is 24.3 Å². The zero-order chi connectivity index (χ0) is 13.5. The number of fused-ring (bicyclic) bond motifs is 1. The van der Waals surface area contributed by atoms with Crippen LogP contribution in [0.5, 0.6) is 0 Å². The number of rotatable bonds is 2. The molecule has 0 aliphatic heterocycles. The lowest BCUT2D eigenvalue weighted by atomic mass is 9.55. The Morgan fingerprint density at radius 2 is 2.00 bits per heavy atom. The highest BCUT2D eigenvalue weighted by Gasteiger charge is 2.46. The predicted molar refractivity (Wildman–Crippen MR) is 70.1 cm³/mol. The number of carbonyl (C=O) groups is 1. The number of hydrogen-bond acceptors (Lipinski definition) is 2. The number of carboxylic acid groups (broad SMARTS) is 1. The summed E-state index contributed by atoms with van der Waals surface area (Å²) in [5, 5.41) is 19.0. The molecular formula is C15H22O3. The lowest BCUT2D eigenvalue weighted by molar-refractivity contribution is -0.133. The fourth-order valence-electron chi connectivity index (χ4n) is 3.64. The van der Waals surface area contributed by atoms with Crippen LogP contribution in [-0.4, -0.2) is 22.3 Å². The molecule has 0 radical (unpaired) electrons. The highest BCUT2D eigenvalue weighted by atomic mass is 16.4. The van der Waals surface area contributed by atoms with Gasteiger partial charge in [-0.05, 0) is 54.9 Å². The Balaban J connectivity index is 2.17. The van der Waals surface area contributed by atoms with Gasteiger partial charge in [-0.15, -0.1) is 0 Å². The molecule has 2 aliphatic carbocycles. The minimum absolute atomic E-state index is 0.0302. The first-order valence-electron chi connectivity index (χ1n) is 6.64. The Bertz CT molecular complexity index is 399. The quantitative estimate of drug-likeness (QED) is 0.585. The molecule has 0 aromatic carbocycles. The van der Waals surface area contributed by atoms with Crippen LogP contribution in [0.4, 0.5) is 0 Å². The van der Waals surface area contributed by atoms with Crippen LogP contribution in [0.3, 0.4) is 0 Å². The largest absolute Gasteiger partial charge is 0.478 e. The Labute approximate surface area is 108 Å². The van der Waals surface area contributed by atoms with Crippen molar-refractivity contribution in [3.05, 3.63) is 24.3 Å². The lowest BCUT2D eigenvalue weighted by Crippen LogP contribution is -2.43. The van der Waals surface area contributed by atoms with Gasteiger partial charge >= 0.3 is 5.97 Å². The highest BCUT2D eigenvalue weighted by Crippen LogP contribution is 2.54. The van der Waals surface area contributed by atoms with E-state index in [9.17, 15) is 9.90 Å². The van der Waals surface area contributed by atoms with Crippen molar-refractivity contribution in [2.24, 2.45) is 17.3 Å². The van der Waals surface area contributed by atoms with Crippen molar-refractivity contribution in [2.45, 2.75) is 45.1 Å². The summed E-state index contributed by atoms with van der Waals surface area (Å²) in [6, 6.07) is 0. The predicted octanol–water partition coefficient (Wildman–Crippen LogP) is 2.76. The molecule has 2 N–H and O–H groups in total. The molecular weight excluding hydrogens is 228 g/mol. The average molecular weight is 250 g/mol. The maximum Gasteiger partial charge on any atom is 0.331 e. The molecule has 2 rings (SSSR count). The molecule has 0 spiro atoms. The van der Waals surface area contributed by atoms with Crippen LogP contribution in [0.25, 0.3) is 0 Å². The molecule has 100 valence electrons. The van der Waals surface area contributed by atoms with Gasteiger partial charge < -0.3 is 10.2 Å². The summed E-state index contributed by atoms with van der Waals surface area (Å²) in [5.74, 6) is -0.635. The molecule has 0 aromatic heterocycles. The third-order valence-corrected chi connectivity index (χ3v) is 5.06. The molecule has 3 heteroatoms. The smallest absolute Gasteiger partial charge is 0.331 e. The van der Waals surface area contributed by atoms with E-state index < -0.39 is 12.1 Å². The first kappa shape index (κ1) is 13.3. The molecule has 0 amide bonds. The van der Waals surface area contributed by atoms with Crippen molar-refractivity contribution in [3.63, 3.8) is 0 Å². The van der Waals surface area contributed by atoms with Crippen molar-refractivity contribution in [2.75, 3.05) is 0 Å². The first-order chi connectivity index (χ1) is 8.35. The molecule has 2 fully saturated rings. The Morgan fingerprint density at radius 1 is 1.39 bits per heavy atom. The van der Waals surface area contributed by atoms with Crippen molar-refractivity contribution in [1.82, 2.24) is 0 Å². The van der Waals surface area contributed by atoms with Gasteiger partial charge in [0.2, 0.25) is 0 Å².